The van der Waals surface area contributed by atoms with Gasteiger partial charge in [-0.25, -0.2) is 8.42 Å². The fraction of sp³-hybridized carbons (Fsp3) is 0.571. The fourth-order valence-corrected chi connectivity index (χ4v) is 4.21. The van der Waals surface area contributed by atoms with E-state index in [1.807, 2.05) is 13.8 Å². The van der Waals surface area contributed by atoms with Crippen LogP contribution >= 0.6 is 26.6 Å². The van der Waals surface area contributed by atoms with Gasteiger partial charge in [-0.15, -0.1) is 0 Å². The SMILES string of the molecule is Cc1cc(Br)cc(S(=O)(=O)Cl)c1OCC1CCC(C)(C)O1. The number of hydrogen-bond donors (Lipinski definition) is 0. The van der Waals surface area contributed by atoms with Gasteiger partial charge in [0.05, 0.1) is 11.7 Å². The lowest BCUT2D eigenvalue weighted by Crippen LogP contribution is -2.24. The maximum atomic E-state index is 11.7. The van der Waals surface area contributed by atoms with Crippen molar-refractivity contribution in [2.24, 2.45) is 0 Å². The van der Waals surface area contributed by atoms with Gasteiger partial charge in [0, 0.05) is 15.2 Å². The van der Waals surface area contributed by atoms with Gasteiger partial charge in [0.1, 0.15) is 17.3 Å². The van der Waals surface area contributed by atoms with Crippen molar-refractivity contribution in [3.05, 3.63) is 22.2 Å². The van der Waals surface area contributed by atoms with E-state index in [1.165, 1.54) is 6.07 Å². The zero-order valence-electron chi connectivity index (χ0n) is 12.2. The van der Waals surface area contributed by atoms with Gasteiger partial charge in [0.2, 0.25) is 0 Å². The molecule has 0 aromatic heterocycles. The second kappa shape index (κ2) is 6.07. The van der Waals surface area contributed by atoms with E-state index in [9.17, 15) is 8.42 Å². The van der Waals surface area contributed by atoms with E-state index in [0.29, 0.717) is 22.4 Å². The van der Waals surface area contributed by atoms with E-state index in [-0.39, 0.29) is 16.6 Å². The van der Waals surface area contributed by atoms with Crippen LogP contribution < -0.4 is 4.74 Å². The molecule has 21 heavy (non-hydrogen) atoms. The van der Waals surface area contributed by atoms with Crippen molar-refractivity contribution in [1.82, 2.24) is 0 Å². The van der Waals surface area contributed by atoms with Crippen LogP contribution in [0.15, 0.2) is 21.5 Å². The molecule has 1 aromatic rings. The van der Waals surface area contributed by atoms with Gasteiger partial charge in [0.15, 0.2) is 0 Å². The summed E-state index contributed by atoms with van der Waals surface area (Å²) in [5.41, 5.74) is 0.560. The summed E-state index contributed by atoms with van der Waals surface area (Å²) >= 11 is 3.27. The summed E-state index contributed by atoms with van der Waals surface area (Å²) in [5.74, 6) is 0.293. The Hall–Kier alpha value is -0.300. The maximum absolute atomic E-state index is 11.7. The Morgan fingerprint density at radius 2 is 2.14 bits per heavy atom. The minimum atomic E-state index is -3.87. The van der Waals surface area contributed by atoms with Crippen molar-refractivity contribution in [3.63, 3.8) is 0 Å². The van der Waals surface area contributed by atoms with Crippen LogP contribution in [0.5, 0.6) is 5.75 Å². The summed E-state index contributed by atoms with van der Waals surface area (Å²) in [5, 5.41) is 0. The fourth-order valence-electron chi connectivity index (χ4n) is 2.44. The van der Waals surface area contributed by atoms with E-state index in [4.69, 9.17) is 20.2 Å². The minimum absolute atomic E-state index is 0.0201. The molecule has 1 unspecified atom stereocenters. The van der Waals surface area contributed by atoms with Gasteiger partial charge >= 0.3 is 0 Å². The highest BCUT2D eigenvalue weighted by Gasteiger charge is 2.32. The lowest BCUT2D eigenvalue weighted by Gasteiger charge is -2.20. The van der Waals surface area contributed by atoms with Gasteiger partial charge in [-0.2, -0.15) is 0 Å². The Morgan fingerprint density at radius 3 is 2.67 bits per heavy atom. The lowest BCUT2D eigenvalue weighted by molar-refractivity contribution is -0.0331. The monoisotopic (exact) mass is 396 g/mol. The Morgan fingerprint density at radius 1 is 1.48 bits per heavy atom. The van der Waals surface area contributed by atoms with Gasteiger partial charge in [-0.1, -0.05) is 15.9 Å². The highest BCUT2D eigenvalue weighted by molar-refractivity contribution is 9.10. The van der Waals surface area contributed by atoms with E-state index in [2.05, 4.69) is 15.9 Å². The maximum Gasteiger partial charge on any atom is 0.265 e. The summed E-state index contributed by atoms with van der Waals surface area (Å²) in [6, 6.07) is 3.24. The first-order valence-electron chi connectivity index (χ1n) is 6.64. The first-order chi connectivity index (χ1) is 9.58. The van der Waals surface area contributed by atoms with Crippen LogP contribution in [0.2, 0.25) is 0 Å². The number of benzene rings is 1. The molecule has 1 aliphatic rings. The van der Waals surface area contributed by atoms with Gasteiger partial charge in [0.25, 0.3) is 9.05 Å². The molecule has 1 fully saturated rings. The van der Waals surface area contributed by atoms with Crippen LogP contribution in [0.3, 0.4) is 0 Å². The highest BCUT2D eigenvalue weighted by atomic mass is 79.9. The van der Waals surface area contributed by atoms with Crippen molar-refractivity contribution >= 4 is 35.7 Å². The normalized spacial score (nSPS) is 21.5. The Labute approximate surface area is 138 Å². The molecule has 7 heteroatoms. The summed E-state index contributed by atoms with van der Waals surface area (Å²) in [7, 11) is 1.62. The summed E-state index contributed by atoms with van der Waals surface area (Å²) in [6.45, 7) is 6.16. The van der Waals surface area contributed by atoms with Crippen molar-refractivity contribution in [3.8, 4) is 5.75 Å². The molecule has 1 aliphatic heterocycles. The predicted octanol–water partition coefficient (Wildman–Crippen LogP) is 4.02. The average Bonchev–Trinajstić information content (AvgIpc) is 2.65. The predicted molar refractivity (Wildman–Crippen MR) is 85.6 cm³/mol. The molecule has 2 rings (SSSR count). The molecule has 0 aliphatic carbocycles. The molecule has 0 saturated carbocycles. The smallest absolute Gasteiger partial charge is 0.265 e. The molecule has 1 aromatic carbocycles. The molecular weight excluding hydrogens is 380 g/mol. The number of aryl methyl sites for hydroxylation is 1. The van der Waals surface area contributed by atoms with Gasteiger partial charge in [-0.3, -0.25) is 0 Å². The second-order valence-corrected chi connectivity index (χ2v) is 9.29. The molecular formula is C14H18BrClO4S. The summed E-state index contributed by atoms with van der Waals surface area (Å²) < 4.78 is 35.6. The van der Waals surface area contributed by atoms with E-state index in [0.717, 1.165) is 12.8 Å². The molecule has 0 amide bonds. The van der Waals surface area contributed by atoms with Crippen molar-refractivity contribution in [1.29, 1.82) is 0 Å². The third kappa shape index (κ3) is 4.34. The third-order valence-corrected chi connectivity index (χ3v) is 5.22. The van der Waals surface area contributed by atoms with Crippen molar-refractivity contribution < 1.29 is 17.9 Å². The topological polar surface area (TPSA) is 52.6 Å². The molecule has 0 spiro atoms. The molecule has 0 bridgehead atoms. The van der Waals surface area contributed by atoms with Crippen molar-refractivity contribution in [2.45, 2.75) is 50.2 Å². The van der Waals surface area contributed by atoms with Crippen LogP contribution in [0.4, 0.5) is 0 Å². The van der Waals surface area contributed by atoms with Crippen LogP contribution in [-0.4, -0.2) is 26.7 Å². The molecule has 0 radical (unpaired) electrons. The summed E-state index contributed by atoms with van der Waals surface area (Å²) in [6.07, 6.45) is 1.82. The van der Waals surface area contributed by atoms with Crippen LogP contribution in [0.25, 0.3) is 0 Å². The van der Waals surface area contributed by atoms with E-state index in [1.54, 1.807) is 13.0 Å². The van der Waals surface area contributed by atoms with Gasteiger partial charge in [-0.05, 0) is 51.3 Å². The molecule has 1 atom stereocenters. The molecule has 118 valence electrons. The minimum Gasteiger partial charge on any atom is -0.489 e. The Bertz CT molecular complexity index is 643. The second-order valence-electron chi connectivity index (χ2n) is 5.84. The van der Waals surface area contributed by atoms with Gasteiger partial charge < -0.3 is 9.47 Å². The molecule has 1 saturated heterocycles. The average molecular weight is 398 g/mol. The standard InChI is InChI=1S/C14H18BrClO4S/c1-9-6-10(15)7-12(21(16,17)18)13(9)19-8-11-4-5-14(2,3)20-11/h6-7,11H,4-5,8H2,1-3H3. The first kappa shape index (κ1) is 17.1. The molecule has 1 heterocycles. The third-order valence-electron chi connectivity index (χ3n) is 3.44. The number of hydrogen-bond acceptors (Lipinski definition) is 4. The first-order valence-corrected chi connectivity index (χ1v) is 9.74. The molecule has 0 N–H and O–H groups in total. The van der Waals surface area contributed by atoms with E-state index < -0.39 is 9.05 Å². The van der Waals surface area contributed by atoms with Crippen LogP contribution in [0, 0.1) is 6.92 Å². The van der Waals surface area contributed by atoms with Crippen molar-refractivity contribution in [2.75, 3.05) is 6.61 Å². The number of ether oxygens (including phenoxy) is 2. The number of halogens is 2. The number of rotatable bonds is 4. The zero-order chi connectivity index (χ0) is 15.8. The lowest BCUT2D eigenvalue weighted by atomic mass is 10.1. The quantitative estimate of drug-likeness (QED) is 0.720. The van der Waals surface area contributed by atoms with Crippen LogP contribution in [-0.2, 0) is 13.8 Å². The molecule has 4 nitrogen and oxygen atoms in total. The largest absolute Gasteiger partial charge is 0.489 e. The highest BCUT2D eigenvalue weighted by Crippen LogP contribution is 2.35. The summed E-state index contributed by atoms with van der Waals surface area (Å²) in [4.78, 5) is -0.0201. The Kier molecular flexibility index (Phi) is 4.93. The van der Waals surface area contributed by atoms with E-state index >= 15 is 0 Å². The van der Waals surface area contributed by atoms with Crippen LogP contribution in [0.1, 0.15) is 32.3 Å². The Balaban J connectivity index is 2.20. The zero-order valence-corrected chi connectivity index (χ0v) is 15.3.